The lowest BCUT2D eigenvalue weighted by atomic mass is 10.2. The summed E-state index contributed by atoms with van der Waals surface area (Å²) in [5.74, 6) is -0.275. The Kier molecular flexibility index (Phi) is 3.40. The smallest absolute Gasteiger partial charge is 0.268 e. The number of benzene rings is 1. The van der Waals surface area contributed by atoms with Gasteiger partial charge in [0.1, 0.15) is 5.82 Å². The first-order valence-electron chi connectivity index (χ1n) is 6.66. The molecule has 0 saturated carbocycles. The predicted octanol–water partition coefficient (Wildman–Crippen LogP) is 3.91. The number of nitrogens with zero attached hydrogens (tertiary/aromatic N) is 3. The van der Waals surface area contributed by atoms with E-state index in [1.807, 2.05) is 16.8 Å². The normalized spacial score (nSPS) is 11.0. The molecule has 1 aromatic carbocycles. The van der Waals surface area contributed by atoms with Crippen molar-refractivity contribution < 1.29 is 9.18 Å². The minimum Gasteiger partial charge on any atom is -0.288 e. The van der Waals surface area contributed by atoms with Crippen LogP contribution in [0.5, 0.6) is 0 Å². The van der Waals surface area contributed by atoms with Gasteiger partial charge in [-0.05, 0) is 35.7 Å². The van der Waals surface area contributed by atoms with E-state index < -0.39 is 0 Å². The lowest BCUT2D eigenvalue weighted by Gasteiger charge is -1.99. The fraction of sp³-hybridized carbons (Fsp3) is 0. The maximum absolute atomic E-state index is 13.0. The number of amides is 1. The molecule has 0 saturated heterocycles. The summed E-state index contributed by atoms with van der Waals surface area (Å²) in [4.78, 5) is 17.6. The van der Waals surface area contributed by atoms with E-state index in [2.05, 4.69) is 15.4 Å². The second-order valence-corrected chi connectivity index (χ2v) is 6.47. The van der Waals surface area contributed by atoms with Crippen LogP contribution in [0.1, 0.15) is 9.67 Å². The van der Waals surface area contributed by atoms with Gasteiger partial charge >= 0.3 is 0 Å². The van der Waals surface area contributed by atoms with Gasteiger partial charge in [-0.3, -0.25) is 10.1 Å². The van der Waals surface area contributed by atoms with Crippen molar-refractivity contribution in [3.05, 3.63) is 57.9 Å². The summed E-state index contributed by atoms with van der Waals surface area (Å²) in [5.41, 5.74) is 1.63. The van der Waals surface area contributed by atoms with Crippen molar-refractivity contribution in [1.29, 1.82) is 0 Å². The highest BCUT2D eigenvalue weighted by Crippen LogP contribution is 2.26. The van der Waals surface area contributed by atoms with Crippen LogP contribution in [0.25, 0.3) is 16.2 Å². The first-order valence-corrected chi connectivity index (χ1v) is 8.42. The highest BCUT2D eigenvalue weighted by molar-refractivity contribution is 7.15. The minimum atomic E-state index is -0.289. The quantitative estimate of drug-likeness (QED) is 0.613. The zero-order valence-electron chi connectivity index (χ0n) is 11.6. The summed E-state index contributed by atoms with van der Waals surface area (Å²) in [6.45, 7) is 0. The standard InChI is InChI=1S/C15H9FN4OS2/c16-10-5-3-9(4-6-10)11-8-23-15-18-14(19-20(11)15)17-13(21)12-2-1-7-22-12/h1-8H,(H,17,19,21). The molecule has 0 bridgehead atoms. The number of hydrogen-bond acceptors (Lipinski definition) is 5. The van der Waals surface area contributed by atoms with Gasteiger partial charge in [0.05, 0.1) is 10.6 Å². The molecule has 1 amide bonds. The number of thiophene rings is 1. The van der Waals surface area contributed by atoms with E-state index in [0.29, 0.717) is 9.84 Å². The second-order valence-electron chi connectivity index (χ2n) is 4.69. The molecule has 1 N–H and O–H groups in total. The highest BCUT2D eigenvalue weighted by Gasteiger charge is 2.14. The Bertz CT molecular complexity index is 973. The molecule has 114 valence electrons. The number of rotatable bonds is 3. The molecule has 23 heavy (non-hydrogen) atoms. The molecule has 0 aliphatic heterocycles. The van der Waals surface area contributed by atoms with Gasteiger partial charge in [0.25, 0.3) is 11.9 Å². The molecule has 0 radical (unpaired) electrons. The third-order valence-corrected chi connectivity index (χ3v) is 4.88. The van der Waals surface area contributed by atoms with E-state index >= 15 is 0 Å². The van der Waals surface area contributed by atoms with Crippen LogP contribution in [-0.4, -0.2) is 20.5 Å². The van der Waals surface area contributed by atoms with Crippen molar-refractivity contribution >= 4 is 39.5 Å². The second kappa shape index (κ2) is 5.56. The molecule has 3 aromatic heterocycles. The van der Waals surface area contributed by atoms with E-state index in [4.69, 9.17) is 0 Å². The van der Waals surface area contributed by atoms with Crippen LogP contribution in [0.3, 0.4) is 0 Å². The number of anilines is 1. The first kappa shape index (κ1) is 14.0. The van der Waals surface area contributed by atoms with E-state index in [1.54, 1.807) is 22.7 Å². The Balaban J connectivity index is 1.66. The van der Waals surface area contributed by atoms with Crippen molar-refractivity contribution in [3.63, 3.8) is 0 Å². The third kappa shape index (κ3) is 2.62. The molecule has 4 rings (SSSR count). The predicted molar refractivity (Wildman–Crippen MR) is 88.5 cm³/mol. The molecule has 0 aliphatic carbocycles. The molecule has 4 aromatic rings. The third-order valence-electron chi connectivity index (χ3n) is 3.19. The summed E-state index contributed by atoms with van der Waals surface area (Å²) in [5, 5.41) is 10.7. The molecule has 3 heterocycles. The van der Waals surface area contributed by atoms with E-state index in [1.165, 1.54) is 34.8 Å². The number of thiazole rings is 1. The largest absolute Gasteiger partial charge is 0.288 e. The zero-order valence-corrected chi connectivity index (χ0v) is 13.2. The molecule has 0 spiro atoms. The lowest BCUT2D eigenvalue weighted by Crippen LogP contribution is -2.11. The zero-order chi connectivity index (χ0) is 15.8. The van der Waals surface area contributed by atoms with Crippen molar-refractivity contribution in [1.82, 2.24) is 14.6 Å². The monoisotopic (exact) mass is 344 g/mol. The van der Waals surface area contributed by atoms with Crippen LogP contribution in [-0.2, 0) is 0 Å². The van der Waals surface area contributed by atoms with Gasteiger partial charge in [-0.15, -0.1) is 27.8 Å². The molecule has 0 fully saturated rings. The molecule has 5 nitrogen and oxygen atoms in total. The number of hydrogen-bond donors (Lipinski definition) is 1. The summed E-state index contributed by atoms with van der Waals surface area (Å²) in [7, 11) is 0. The van der Waals surface area contributed by atoms with Crippen LogP contribution in [0, 0.1) is 5.82 Å². The van der Waals surface area contributed by atoms with Gasteiger partial charge in [-0.1, -0.05) is 6.07 Å². The molecule has 0 unspecified atom stereocenters. The van der Waals surface area contributed by atoms with Crippen molar-refractivity contribution in [2.24, 2.45) is 0 Å². The summed E-state index contributed by atoms with van der Waals surface area (Å²) >= 11 is 2.76. The van der Waals surface area contributed by atoms with Gasteiger partial charge in [-0.25, -0.2) is 8.91 Å². The summed E-state index contributed by atoms with van der Waals surface area (Å²) < 4.78 is 14.7. The fourth-order valence-corrected chi connectivity index (χ4v) is 3.57. The van der Waals surface area contributed by atoms with Crippen LogP contribution < -0.4 is 5.32 Å². The number of nitrogens with one attached hydrogen (secondary N) is 1. The van der Waals surface area contributed by atoms with E-state index in [9.17, 15) is 9.18 Å². The Morgan fingerprint density at radius 1 is 1.17 bits per heavy atom. The van der Waals surface area contributed by atoms with Gasteiger partial charge in [0.2, 0.25) is 4.96 Å². The first-order chi connectivity index (χ1) is 11.2. The molecular formula is C15H9FN4OS2. The molecular weight excluding hydrogens is 335 g/mol. The number of carbonyl (C=O) groups is 1. The Morgan fingerprint density at radius 2 is 2.00 bits per heavy atom. The van der Waals surface area contributed by atoms with E-state index in [-0.39, 0.29) is 17.7 Å². The van der Waals surface area contributed by atoms with Crippen LogP contribution in [0.15, 0.2) is 47.2 Å². The van der Waals surface area contributed by atoms with E-state index in [0.717, 1.165) is 11.3 Å². The number of carbonyl (C=O) groups excluding carboxylic acids is 1. The van der Waals surface area contributed by atoms with Crippen LogP contribution >= 0.6 is 22.7 Å². The maximum Gasteiger partial charge on any atom is 0.268 e. The summed E-state index contributed by atoms with van der Waals surface area (Å²) in [6.07, 6.45) is 0. The topological polar surface area (TPSA) is 59.3 Å². The lowest BCUT2D eigenvalue weighted by molar-refractivity contribution is 0.102. The number of aromatic nitrogens is 3. The average Bonchev–Trinajstić information content (AvgIpc) is 3.24. The van der Waals surface area contributed by atoms with Gasteiger partial charge in [-0.2, -0.15) is 4.98 Å². The minimum absolute atomic E-state index is 0.235. The average molecular weight is 344 g/mol. The Hall–Kier alpha value is -2.58. The van der Waals surface area contributed by atoms with Crippen molar-refractivity contribution in [2.45, 2.75) is 0 Å². The van der Waals surface area contributed by atoms with Crippen LogP contribution in [0.2, 0.25) is 0 Å². The van der Waals surface area contributed by atoms with Crippen molar-refractivity contribution in [3.8, 4) is 11.3 Å². The van der Waals surface area contributed by atoms with Gasteiger partial charge in [0.15, 0.2) is 0 Å². The van der Waals surface area contributed by atoms with Gasteiger partial charge < -0.3 is 0 Å². The molecule has 0 atom stereocenters. The Morgan fingerprint density at radius 3 is 2.74 bits per heavy atom. The van der Waals surface area contributed by atoms with Crippen molar-refractivity contribution in [2.75, 3.05) is 5.32 Å². The number of halogens is 1. The molecule has 8 heteroatoms. The summed E-state index contributed by atoms with van der Waals surface area (Å²) in [6, 6.07) is 9.71. The Labute approximate surface area is 138 Å². The maximum atomic E-state index is 13.0. The number of fused-ring (bicyclic) bond motifs is 1. The fourth-order valence-electron chi connectivity index (χ4n) is 2.12. The SMILES string of the molecule is O=C(Nc1nc2scc(-c3ccc(F)cc3)n2n1)c1cccs1. The highest BCUT2D eigenvalue weighted by atomic mass is 32.1. The van der Waals surface area contributed by atoms with Gasteiger partial charge in [0, 0.05) is 10.9 Å². The van der Waals surface area contributed by atoms with Crippen LogP contribution in [0.4, 0.5) is 10.3 Å². The molecule has 0 aliphatic rings.